The summed E-state index contributed by atoms with van der Waals surface area (Å²) in [6.07, 6.45) is 1.28. The van der Waals surface area contributed by atoms with Crippen LogP contribution < -0.4 is 5.32 Å². The highest BCUT2D eigenvalue weighted by atomic mass is 16.4. The lowest BCUT2D eigenvalue weighted by molar-refractivity contribution is 0.0951. The third kappa shape index (κ3) is 3.03. The van der Waals surface area contributed by atoms with Crippen LogP contribution in [0.5, 0.6) is 0 Å². The molecule has 22 heavy (non-hydrogen) atoms. The van der Waals surface area contributed by atoms with E-state index in [0.29, 0.717) is 18.0 Å². The number of aromatic nitrogens is 2. The van der Waals surface area contributed by atoms with E-state index in [0.717, 1.165) is 16.7 Å². The summed E-state index contributed by atoms with van der Waals surface area (Å²) in [5.74, 6) is 0.326. The number of carbonyl (C=O) groups is 1. The van der Waals surface area contributed by atoms with Crippen molar-refractivity contribution in [1.29, 1.82) is 0 Å². The molecule has 0 spiro atoms. The number of hydrogen-bond acceptors (Lipinski definition) is 4. The lowest BCUT2D eigenvalue weighted by atomic mass is 10.1. The first-order valence-electron chi connectivity index (χ1n) is 6.93. The van der Waals surface area contributed by atoms with Crippen LogP contribution in [-0.4, -0.2) is 16.1 Å². The van der Waals surface area contributed by atoms with Gasteiger partial charge in [0, 0.05) is 17.7 Å². The summed E-state index contributed by atoms with van der Waals surface area (Å²) in [7, 11) is 0. The number of carbonyl (C=O) groups excluding carboxylic acids is 1. The van der Waals surface area contributed by atoms with Gasteiger partial charge in [-0.15, -0.1) is 10.2 Å². The lowest BCUT2D eigenvalue weighted by Gasteiger charge is -2.08. The molecule has 5 nitrogen and oxygen atoms in total. The van der Waals surface area contributed by atoms with Crippen molar-refractivity contribution in [2.24, 2.45) is 0 Å². The summed E-state index contributed by atoms with van der Waals surface area (Å²) in [5.41, 5.74) is 3.65. The van der Waals surface area contributed by atoms with Gasteiger partial charge in [-0.2, -0.15) is 0 Å². The predicted octanol–water partition coefficient (Wildman–Crippen LogP) is 2.98. The third-order valence-electron chi connectivity index (χ3n) is 3.45. The number of amides is 1. The summed E-state index contributed by atoms with van der Waals surface area (Å²) < 4.78 is 5.12. The summed E-state index contributed by atoms with van der Waals surface area (Å²) in [6, 6.07) is 15.0. The van der Waals surface area contributed by atoms with Crippen LogP contribution in [0, 0.1) is 6.92 Å². The van der Waals surface area contributed by atoms with Crippen molar-refractivity contribution >= 4 is 5.91 Å². The number of nitrogens with zero attached hydrogens (tertiary/aromatic N) is 2. The van der Waals surface area contributed by atoms with E-state index in [1.165, 1.54) is 6.39 Å². The fraction of sp³-hybridized carbons (Fsp3) is 0.118. The first kappa shape index (κ1) is 14.0. The summed E-state index contributed by atoms with van der Waals surface area (Å²) >= 11 is 0. The van der Waals surface area contributed by atoms with Crippen molar-refractivity contribution in [3.63, 3.8) is 0 Å². The Bertz CT molecular complexity index is 765. The van der Waals surface area contributed by atoms with Gasteiger partial charge in [0.05, 0.1) is 0 Å². The van der Waals surface area contributed by atoms with Crippen molar-refractivity contribution < 1.29 is 9.21 Å². The monoisotopic (exact) mass is 293 g/mol. The van der Waals surface area contributed by atoms with Crippen molar-refractivity contribution in [2.45, 2.75) is 13.5 Å². The third-order valence-corrected chi connectivity index (χ3v) is 3.45. The van der Waals surface area contributed by atoms with Crippen molar-refractivity contribution in [3.05, 3.63) is 71.6 Å². The Morgan fingerprint density at radius 1 is 1.14 bits per heavy atom. The largest absolute Gasteiger partial charge is 0.423 e. The Kier molecular flexibility index (Phi) is 3.96. The van der Waals surface area contributed by atoms with Crippen LogP contribution in [0.25, 0.3) is 11.5 Å². The van der Waals surface area contributed by atoms with Crippen LogP contribution in [0.2, 0.25) is 0 Å². The SMILES string of the molecule is Cc1ccccc1CNC(=O)c1ccc(-c2nnco2)cc1. The first-order valence-corrected chi connectivity index (χ1v) is 6.93. The first-order chi connectivity index (χ1) is 10.7. The molecule has 3 rings (SSSR count). The van der Waals surface area contributed by atoms with Crippen LogP contribution in [0.15, 0.2) is 59.3 Å². The molecule has 0 unspecified atom stereocenters. The Morgan fingerprint density at radius 2 is 1.91 bits per heavy atom. The molecule has 0 atom stereocenters. The highest BCUT2D eigenvalue weighted by Crippen LogP contribution is 2.16. The maximum absolute atomic E-state index is 12.2. The zero-order chi connectivity index (χ0) is 15.4. The van der Waals surface area contributed by atoms with E-state index in [2.05, 4.69) is 15.5 Å². The molecule has 2 aromatic carbocycles. The molecule has 110 valence electrons. The Morgan fingerprint density at radius 3 is 2.59 bits per heavy atom. The molecule has 0 aliphatic carbocycles. The highest BCUT2D eigenvalue weighted by Gasteiger charge is 2.08. The summed E-state index contributed by atoms with van der Waals surface area (Å²) in [5, 5.41) is 10.4. The highest BCUT2D eigenvalue weighted by molar-refractivity contribution is 5.94. The molecule has 0 fully saturated rings. The second-order valence-electron chi connectivity index (χ2n) is 4.93. The van der Waals surface area contributed by atoms with Gasteiger partial charge in [0.25, 0.3) is 5.91 Å². The van der Waals surface area contributed by atoms with Gasteiger partial charge in [0.15, 0.2) is 0 Å². The van der Waals surface area contributed by atoms with Crippen LogP contribution >= 0.6 is 0 Å². The molecule has 3 aromatic rings. The molecule has 1 aromatic heterocycles. The minimum Gasteiger partial charge on any atom is -0.423 e. The molecule has 5 heteroatoms. The molecular weight excluding hydrogens is 278 g/mol. The lowest BCUT2D eigenvalue weighted by Crippen LogP contribution is -2.23. The Labute approximate surface area is 128 Å². The van der Waals surface area contributed by atoms with E-state index in [1.807, 2.05) is 31.2 Å². The second-order valence-corrected chi connectivity index (χ2v) is 4.93. The Hall–Kier alpha value is -2.95. The second kappa shape index (κ2) is 6.22. The maximum Gasteiger partial charge on any atom is 0.251 e. The number of nitrogens with one attached hydrogen (secondary N) is 1. The van der Waals surface area contributed by atoms with E-state index in [9.17, 15) is 4.79 Å². The van der Waals surface area contributed by atoms with E-state index in [4.69, 9.17) is 4.42 Å². The van der Waals surface area contributed by atoms with E-state index < -0.39 is 0 Å². The van der Waals surface area contributed by atoms with Gasteiger partial charge in [-0.1, -0.05) is 24.3 Å². The van der Waals surface area contributed by atoms with Gasteiger partial charge >= 0.3 is 0 Å². The van der Waals surface area contributed by atoms with E-state index in [-0.39, 0.29) is 5.91 Å². The minimum absolute atomic E-state index is 0.111. The van der Waals surface area contributed by atoms with Crippen molar-refractivity contribution in [2.75, 3.05) is 0 Å². The predicted molar refractivity (Wildman–Crippen MR) is 82.1 cm³/mol. The fourth-order valence-corrected chi connectivity index (χ4v) is 2.15. The zero-order valence-electron chi connectivity index (χ0n) is 12.1. The molecule has 0 aliphatic heterocycles. The molecule has 1 heterocycles. The smallest absolute Gasteiger partial charge is 0.251 e. The number of benzene rings is 2. The molecule has 0 saturated carbocycles. The molecule has 0 saturated heterocycles. The van der Waals surface area contributed by atoms with Gasteiger partial charge in [-0.05, 0) is 42.3 Å². The zero-order valence-corrected chi connectivity index (χ0v) is 12.1. The molecule has 0 radical (unpaired) electrons. The quantitative estimate of drug-likeness (QED) is 0.803. The minimum atomic E-state index is -0.111. The topological polar surface area (TPSA) is 68.0 Å². The normalized spacial score (nSPS) is 10.4. The van der Waals surface area contributed by atoms with Crippen LogP contribution in [-0.2, 0) is 6.54 Å². The van der Waals surface area contributed by atoms with Crippen LogP contribution in [0.4, 0.5) is 0 Å². The number of aryl methyl sites for hydroxylation is 1. The number of hydrogen-bond donors (Lipinski definition) is 1. The summed E-state index contributed by atoms with van der Waals surface area (Å²) in [4.78, 5) is 12.2. The van der Waals surface area contributed by atoms with Gasteiger partial charge in [0.1, 0.15) is 0 Å². The van der Waals surface area contributed by atoms with Crippen molar-refractivity contribution in [3.8, 4) is 11.5 Å². The number of rotatable bonds is 4. The van der Waals surface area contributed by atoms with E-state index >= 15 is 0 Å². The van der Waals surface area contributed by atoms with Gasteiger partial charge in [-0.25, -0.2) is 0 Å². The summed E-state index contributed by atoms with van der Waals surface area (Å²) in [6.45, 7) is 2.54. The molecule has 0 bridgehead atoms. The van der Waals surface area contributed by atoms with Crippen molar-refractivity contribution in [1.82, 2.24) is 15.5 Å². The van der Waals surface area contributed by atoms with Gasteiger partial charge in [0.2, 0.25) is 12.3 Å². The molecule has 0 aliphatic rings. The average Bonchev–Trinajstić information content (AvgIpc) is 3.08. The molecular formula is C17H15N3O2. The molecule has 1 N–H and O–H groups in total. The Balaban J connectivity index is 1.67. The van der Waals surface area contributed by atoms with Crippen LogP contribution in [0.3, 0.4) is 0 Å². The van der Waals surface area contributed by atoms with E-state index in [1.54, 1.807) is 24.3 Å². The molecule has 1 amide bonds. The standard InChI is InChI=1S/C17H15N3O2/c1-12-4-2-3-5-15(12)10-18-16(21)13-6-8-14(9-7-13)17-20-19-11-22-17/h2-9,11H,10H2,1H3,(H,18,21). The van der Waals surface area contributed by atoms with Gasteiger partial charge in [-0.3, -0.25) is 4.79 Å². The fourth-order valence-electron chi connectivity index (χ4n) is 2.15. The average molecular weight is 293 g/mol. The van der Waals surface area contributed by atoms with Crippen LogP contribution in [0.1, 0.15) is 21.5 Å². The maximum atomic E-state index is 12.2. The van der Waals surface area contributed by atoms with Gasteiger partial charge < -0.3 is 9.73 Å².